The van der Waals surface area contributed by atoms with E-state index in [1.807, 2.05) is 13.0 Å². The van der Waals surface area contributed by atoms with Gasteiger partial charge in [0.25, 0.3) is 0 Å². The normalized spacial score (nSPS) is 11.5. The molecule has 0 aliphatic rings. The number of ether oxygens (including phenoxy) is 2. The van der Waals surface area contributed by atoms with Gasteiger partial charge in [0, 0.05) is 6.54 Å². The fraction of sp³-hybridized carbons (Fsp3) is 0.389. The third kappa shape index (κ3) is 8.28. The zero-order valence-corrected chi connectivity index (χ0v) is 17.8. The van der Waals surface area contributed by atoms with Crippen LogP contribution in [0, 0.1) is 0 Å². The van der Waals surface area contributed by atoms with Crippen LogP contribution in [0.25, 0.3) is 0 Å². The number of methoxy groups -OCH3 is 1. The molecule has 0 amide bonds. The Morgan fingerprint density at radius 1 is 1.18 bits per heavy atom. The number of aliphatic imine (C=N–C) groups is 1. The molecule has 0 unspecified atom stereocenters. The molecule has 28 heavy (non-hydrogen) atoms. The van der Waals surface area contributed by atoms with Crippen LogP contribution in [0.5, 0.6) is 11.5 Å². The molecule has 1 aromatic heterocycles. The van der Waals surface area contributed by atoms with E-state index in [-0.39, 0.29) is 35.5 Å². The molecule has 2 rings (SSSR count). The van der Waals surface area contributed by atoms with Crippen molar-refractivity contribution in [2.24, 2.45) is 4.99 Å². The summed E-state index contributed by atoms with van der Waals surface area (Å²) in [5.74, 6) is 1.62. The number of hydrogen-bond acceptors (Lipinski definition) is 4. The van der Waals surface area contributed by atoms with Crippen LogP contribution in [0.15, 0.2) is 46.0 Å². The first-order chi connectivity index (χ1) is 12.9. The lowest BCUT2D eigenvalue weighted by Crippen LogP contribution is -2.36. The van der Waals surface area contributed by atoms with E-state index in [0.29, 0.717) is 25.6 Å². The van der Waals surface area contributed by atoms with Crippen LogP contribution in [-0.4, -0.2) is 32.4 Å². The quantitative estimate of drug-likeness (QED) is 0.316. The average Bonchev–Trinajstić information content (AvgIpc) is 3.15. The van der Waals surface area contributed by atoms with Crippen molar-refractivity contribution in [3.63, 3.8) is 0 Å². The van der Waals surface area contributed by atoms with E-state index >= 15 is 0 Å². The predicted octanol–water partition coefficient (Wildman–Crippen LogP) is 4.10. The van der Waals surface area contributed by atoms with Gasteiger partial charge in [0.1, 0.15) is 5.76 Å². The lowest BCUT2D eigenvalue weighted by molar-refractivity contribution is -0.153. The highest BCUT2D eigenvalue weighted by molar-refractivity contribution is 14.0. The van der Waals surface area contributed by atoms with Gasteiger partial charge in [0.15, 0.2) is 24.1 Å². The molecule has 1 aromatic carbocycles. The maximum Gasteiger partial charge on any atom is 0.422 e. The Kier molecular flexibility index (Phi) is 9.97. The highest BCUT2D eigenvalue weighted by atomic mass is 127. The summed E-state index contributed by atoms with van der Waals surface area (Å²) in [5, 5.41) is 6.24. The molecule has 0 aliphatic carbocycles. The number of halogens is 4. The Morgan fingerprint density at radius 3 is 2.57 bits per heavy atom. The standard InChI is InChI=1S/C18H22F3N3O3.HI/c1-3-22-17(24-11-14-5-4-8-26-14)23-10-13-6-7-15(16(9-13)25-2)27-12-18(19,20)21;/h4-9H,3,10-12H2,1-2H3,(H2,22,23,24);1H. The van der Waals surface area contributed by atoms with Crippen molar-refractivity contribution >= 4 is 29.9 Å². The van der Waals surface area contributed by atoms with Crippen LogP contribution in [0.1, 0.15) is 18.2 Å². The van der Waals surface area contributed by atoms with Gasteiger partial charge in [-0.3, -0.25) is 0 Å². The largest absolute Gasteiger partial charge is 0.493 e. The van der Waals surface area contributed by atoms with Crippen LogP contribution >= 0.6 is 24.0 Å². The van der Waals surface area contributed by atoms with Gasteiger partial charge in [-0.15, -0.1) is 24.0 Å². The van der Waals surface area contributed by atoms with Gasteiger partial charge in [-0.25, -0.2) is 4.99 Å². The second-order valence-electron chi connectivity index (χ2n) is 5.52. The number of nitrogens with one attached hydrogen (secondary N) is 2. The van der Waals surface area contributed by atoms with Gasteiger partial charge in [0.05, 0.1) is 26.5 Å². The van der Waals surface area contributed by atoms with E-state index in [0.717, 1.165) is 11.3 Å². The van der Waals surface area contributed by atoms with Crippen LogP contribution in [0.4, 0.5) is 13.2 Å². The molecule has 0 bridgehead atoms. The SMILES string of the molecule is CCNC(=NCc1ccc(OCC(F)(F)F)c(OC)c1)NCc1ccco1.I. The smallest absolute Gasteiger partial charge is 0.422 e. The summed E-state index contributed by atoms with van der Waals surface area (Å²) in [6, 6.07) is 8.34. The zero-order valence-electron chi connectivity index (χ0n) is 15.5. The Labute approximate surface area is 178 Å². The summed E-state index contributed by atoms with van der Waals surface area (Å²) < 4.78 is 52.1. The van der Waals surface area contributed by atoms with Crippen molar-refractivity contribution in [3.8, 4) is 11.5 Å². The number of benzene rings is 1. The topological polar surface area (TPSA) is 68.0 Å². The zero-order chi connectivity index (χ0) is 19.7. The lowest BCUT2D eigenvalue weighted by Gasteiger charge is -2.13. The summed E-state index contributed by atoms with van der Waals surface area (Å²) >= 11 is 0. The van der Waals surface area contributed by atoms with E-state index in [1.165, 1.54) is 13.2 Å². The molecule has 0 saturated carbocycles. The summed E-state index contributed by atoms with van der Waals surface area (Å²) in [6.07, 6.45) is -2.82. The molecule has 0 radical (unpaired) electrons. The van der Waals surface area contributed by atoms with Crippen molar-refractivity contribution in [1.82, 2.24) is 10.6 Å². The second kappa shape index (κ2) is 11.7. The molecule has 1 heterocycles. The first-order valence-electron chi connectivity index (χ1n) is 8.32. The maximum absolute atomic E-state index is 12.3. The maximum atomic E-state index is 12.3. The first-order valence-corrected chi connectivity index (χ1v) is 8.32. The minimum Gasteiger partial charge on any atom is -0.493 e. The molecule has 0 atom stereocenters. The van der Waals surface area contributed by atoms with Gasteiger partial charge < -0.3 is 24.5 Å². The van der Waals surface area contributed by atoms with Crippen molar-refractivity contribution in [2.45, 2.75) is 26.2 Å². The molecular formula is C18H23F3IN3O3. The first kappa shape index (κ1) is 23.9. The van der Waals surface area contributed by atoms with E-state index in [4.69, 9.17) is 13.9 Å². The van der Waals surface area contributed by atoms with Gasteiger partial charge in [0.2, 0.25) is 0 Å². The third-order valence-corrected chi connectivity index (χ3v) is 3.39. The minimum atomic E-state index is -4.41. The molecule has 0 spiro atoms. The Hall–Kier alpha value is -2.11. The van der Waals surface area contributed by atoms with Gasteiger partial charge in [-0.2, -0.15) is 13.2 Å². The molecule has 156 valence electrons. The average molecular weight is 513 g/mol. The fourth-order valence-corrected chi connectivity index (χ4v) is 2.19. The second-order valence-corrected chi connectivity index (χ2v) is 5.52. The van der Waals surface area contributed by atoms with Gasteiger partial charge >= 0.3 is 6.18 Å². The Morgan fingerprint density at radius 2 is 1.96 bits per heavy atom. The predicted molar refractivity (Wildman–Crippen MR) is 110 cm³/mol. The van der Waals surface area contributed by atoms with E-state index < -0.39 is 12.8 Å². The highest BCUT2D eigenvalue weighted by Gasteiger charge is 2.29. The Bertz CT molecular complexity index is 737. The van der Waals surface area contributed by atoms with Gasteiger partial charge in [-0.05, 0) is 36.8 Å². The van der Waals surface area contributed by atoms with Crippen LogP contribution < -0.4 is 20.1 Å². The number of furan rings is 1. The number of guanidine groups is 1. The number of hydrogen-bond donors (Lipinski definition) is 2. The van der Waals surface area contributed by atoms with Crippen molar-refractivity contribution in [3.05, 3.63) is 47.9 Å². The van der Waals surface area contributed by atoms with Gasteiger partial charge in [-0.1, -0.05) is 6.07 Å². The molecule has 2 N–H and O–H groups in total. The molecule has 0 fully saturated rings. The molecule has 10 heteroatoms. The molecule has 0 aliphatic heterocycles. The Balaban J connectivity index is 0.00000392. The highest BCUT2D eigenvalue weighted by Crippen LogP contribution is 2.30. The summed E-state index contributed by atoms with van der Waals surface area (Å²) in [7, 11) is 1.37. The molecule has 0 saturated heterocycles. The number of nitrogens with zero attached hydrogens (tertiary/aromatic N) is 1. The van der Waals surface area contributed by atoms with E-state index in [9.17, 15) is 13.2 Å². The van der Waals surface area contributed by atoms with E-state index in [2.05, 4.69) is 15.6 Å². The van der Waals surface area contributed by atoms with Crippen molar-refractivity contribution in [2.75, 3.05) is 20.3 Å². The number of rotatable bonds is 8. The van der Waals surface area contributed by atoms with Crippen LogP contribution in [-0.2, 0) is 13.1 Å². The lowest BCUT2D eigenvalue weighted by atomic mass is 10.2. The fourth-order valence-electron chi connectivity index (χ4n) is 2.19. The minimum absolute atomic E-state index is 0. The van der Waals surface area contributed by atoms with Crippen molar-refractivity contribution < 1.29 is 27.1 Å². The van der Waals surface area contributed by atoms with Crippen molar-refractivity contribution in [1.29, 1.82) is 0 Å². The molecule has 6 nitrogen and oxygen atoms in total. The van der Waals surface area contributed by atoms with E-state index in [1.54, 1.807) is 24.5 Å². The van der Waals surface area contributed by atoms with Crippen LogP contribution in [0.3, 0.4) is 0 Å². The summed E-state index contributed by atoms with van der Waals surface area (Å²) in [5.41, 5.74) is 0.765. The summed E-state index contributed by atoms with van der Waals surface area (Å²) in [6.45, 7) is 2.04. The van der Waals surface area contributed by atoms with Crippen LogP contribution in [0.2, 0.25) is 0 Å². The summed E-state index contributed by atoms with van der Waals surface area (Å²) in [4.78, 5) is 4.45. The molecule has 2 aromatic rings. The number of alkyl halides is 3. The monoisotopic (exact) mass is 513 g/mol. The third-order valence-electron chi connectivity index (χ3n) is 3.39. The molecular weight excluding hydrogens is 490 g/mol.